The maximum atomic E-state index is 5.89. The standard InChI is InChI=1S/C11H16Cl2N2/c1-2-5-14-6-7-15-9-3-4-10(12)11(13)8-9/h3-4,8,14-15H,2,5-7H2,1H3. The number of hydrogen-bond donors (Lipinski definition) is 2. The highest BCUT2D eigenvalue weighted by molar-refractivity contribution is 6.42. The molecule has 0 unspecified atom stereocenters. The molecule has 0 aromatic heterocycles. The molecule has 2 nitrogen and oxygen atoms in total. The fourth-order valence-corrected chi connectivity index (χ4v) is 1.50. The van der Waals surface area contributed by atoms with E-state index in [1.165, 1.54) is 0 Å². The van der Waals surface area contributed by atoms with E-state index in [2.05, 4.69) is 17.6 Å². The minimum atomic E-state index is 0.586. The summed E-state index contributed by atoms with van der Waals surface area (Å²) < 4.78 is 0. The van der Waals surface area contributed by atoms with E-state index in [1.54, 1.807) is 6.07 Å². The second-order valence-corrected chi connectivity index (χ2v) is 4.12. The molecule has 1 rings (SSSR count). The molecule has 0 amide bonds. The first kappa shape index (κ1) is 12.6. The summed E-state index contributed by atoms with van der Waals surface area (Å²) in [7, 11) is 0. The highest BCUT2D eigenvalue weighted by Gasteiger charge is 1.98. The predicted octanol–water partition coefficient (Wildman–Crippen LogP) is 3.40. The molecule has 0 saturated heterocycles. The average Bonchev–Trinajstić information content (AvgIpc) is 2.23. The van der Waals surface area contributed by atoms with E-state index in [9.17, 15) is 0 Å². The zero-order valence-electron chi connectivity index (χ0n) is 8.82. The third kappa shape index (κ3) is 4.74. The molecule has 0 fully saturated rings. The van der Waals surface area contributed by atoms with Crippen molar-refractivity contribution in [3.63, 3.8) is 0 Å². The highest BCUT2D eigenvalue weighted by Crippen LogP contribution is 2.24. The molecule has 15 heavy (non-hydrogen) atoms. The first-order valence-electron chi connectivity index (χ1n) is 5.13. The van der Waals surface area contributed by atoms with Gasteiger partial charge in [-0.2, -0.15) is 0 Å². The molecule has 0 spiro atoms. The minimum absolute atomic E-state index is 0.586. The quantitative estimate of drug-likeness (QED) is 0.753. The van der Waals surface area contributed by atoms with Gasteiger partial charge >= 0.3 is 0 Å². The summed E-state index contributed by atoms with van der Waals surface area (Å²) in [5.74, 6) is 0. The second kappa shape index (κ2) is 6.94. The fraction of sp³-hybridized carbons (Fsp3) is 0.455. The molecule has 0 atom stereocenters. The molecule has 1 aromatic carbocycles. The van der Waals surface area contributed by atoms with E-state index < -0.39 is 0 Å². The normalized spacial score (nSPS) is 10.3. The van der Waals surface area contributed by atoms with Crippen LogP contribution in [0.1, 0.15) is 13.3 Å². The lowest BCUT2D eigenvalue weighted by molar-refractivity contribution is 0.688. The first-order valence-corrected chi connectivity index (χ1v) is 5.89. The number of nitrogens with one attached hydrogen (secondary N) is 2. The molecule has 2 N–H and O–H groups in total. The van der Waals surface area contributed by atoms with E-state index in [0.29, 0.717) is 10.0 Å². The maximum absolute atomic E-state index is 5.89. The fourth-order valence-electron chi connectivity index (χ4n) is 1.20. The van der Waals surface area contributed by atoms with Gasteiger partial charge in [-0.05, 0) is 31.2 Å². The Bertz CT molecular complexity index is 303. The van der Waals surface area contributed by atoms with Gasteiger partial charge in [0.05, 0.1) is 10.0 Å². The van der Waals surface area contributed by atoms with Crippen molar-refractivity contribution in [3.8, 4) is 0 Å². The summed E-state index contributed by atoms with van der Waals surface area (Å²) >= 11 is 11.7. The Morgan fingerprint density at radius 3 is 2.53 bits per heavy atom. The molecule has 4 heteroatoms. The van der Waals surface area contributed by atoms with Crippen LogP contribution in [0.2, 0.25) is 10.0 Å². The van der Waals surface area contributed by atoms with Gasteiger partial charge in [0.1, 0.15) is 0 Å². The highest BCUT2D eigenvalue weighted by atomic mass is 35.5. The lowest BCUT2D eigenvalue weighted by atomic mass is 10.3. The van der Waals surface area contributed by atoms with Crippen molar-refractivity contribution < 1.29 is 0 Å². The SMILES string of the molecule is CCCNCCNc1ccc(Cl)c(Cl)c1. The smallest absolute Gasteiger partial charge is 0.0612 e. The first-order chi connectivity index (χ1) is 7.24. The van der Waals surface area contributed by atoms with Crippen LogP contribution in [0, 0.1) is 0 Å². The number of rotatable bonds is 6. The van der Waals surface area contributed by atoms with Crippen LogP contribution in [0.25, 0.3) is 0 Å². The van der Waals surface area contributed by atoms with Crippen LogP contribution in [-0.2, 0) is 0 Å². The van der Waals surface area contributed by atoms with Crippen molar-refractivity contribution in [2.45, 2.75) is 13.3 Å². The Kier molecular flexibility index (Phi) is 5.84. The van der Waals surface area contributed by atoms with Crippen molar-refractivity contribution in [2.24, 2.45) is 0 Å². The second-order valence-electron chi connectivity index (χ2n) is 3.31. The minimum Gasteiger partial charge on any atom is -0.384 e. The summed E-state index contributed by atoms with van der Waals surface area (Å²) in [6, 6.07) is 5.56. The molecule has 0 aliphatic heterocycles. The third-order valence-corrected chi connectivity index (χ3v) is 2.72. The van der Waals surface area contributed by atoms with Gasteiger partial charge in [0.2, 0.25) is 0 Å². The largest absolute Gasteiger partial charge is 0.384 e. The Morgan fingerprint density at radius 1 is 1.07 bits per heavy atom. The van der Waals surface area contributed by atoms with Crippen LogP contribution in [0.5, 0.6) is 0 Å². The van der Waals surface area contributed by atoms with Crippen LogP contribution in [0.4, 0.5) is 5.69 Å². The van der Waals surface area contributed by atoms with Crippen LogP contribution in [0.3, 0.4) is 0 Å². The summed E-state index contributed by atoms with van der Waals surface area (Å²) in [5, 5.41) is 7.75. The van der Waals surface area contributed by atoms with E-state index in [-0.39, 0.29) is 0 Å². The Morgan fingerprint density at radius 2 is 1.87 bits per heavy atom. The average molecular weight is 247 g/mol. The van der Waals surface area contributed by atoms with Crippen LogP contribution in [-0.4, -0.2) is 19.6 Å². The molecule has 1 aromatic rings. The molecular formula is C11H16Cl2N2. The monoisotopic (exact) mass is 246 g/mol. The maximum Gasteiger partial charge on any atom is 0.0612 e. The van der Waals surface area contributed by atoms with Gasteiger partial charge in [-0.3, -0.25) is 0 Å². The van der Waals surface area contributed by atoms with Crippen LogP contribution >= 0.6 is 23.2 Å². The number of hydrogen-bond acceptors (Lipinski definition) is 2. The molecule has 84 valence electrons. The van der Waals surface area contributed by atoms with Gasteiger partial charge in [0.15, 0.2) is 0 Å². The van der Waals surface area contributed by atoms with E-state index >= 15 is 0 Å². The Labute approximate surface area is 101 Å². The summed E-state index contributed by atoms with van der Waals surface area (Å²) in [6.45, 7) is 5.05. The molecule has 0 bridgehead atoms. The Balaban J connectivity index is 2.28. The van der Waals surface area contributed by atoms with E-state index in [4.69, 9.17) is 23.2 Å². The van der Waals surface area contributed by atoms with E-state index in [1.807, 2.05) is 12.1 Å². The summed E-state index contributed by atoms with van der Waals surface area (Å²) in [6.07, 6.45) is 1.16. The molecule has 0 aliphatic rings. The number of benzene rings is 1. The van der Waals surface area contributed by atoms with E-state index in [0.717, 1.165) is 31.7 Å². The molecule has 0 heterocycles. The number of halogens is 2. The third-order valence-electron chi connectivity index (χ3n) is 1.98. The lowest BCUT2D eigenvalue weighted by Crippen LogP contribution is -2.22. The predicted molar refractivity (Wildman–Crippen MR) is 68.1 cm³/mol. The topological polar surface area (TPSA) is 24.1 Å². The molecule has 0 saturated carbocycles. The zero-order valence-corrected chi connectivity index (χ0v) is 10.3. The van der Waals surface area contributed by atoms with Gasteiger partial charge in [0, 0.05) is 18.8 Å². The van der Waals surface area contributed by atoms with Gasteiger partial charge in [-0.1, -0.05) is 30.1 Å². The molecular weight excluding hydrogens is 231 g/mol. The molecule has 0 aliphatic carbocycles. The van der Waals surface area contributed by atoms with Gasteiger partial charge in [0.25, 0.3) is 0 Å². The zero-order chi connectivity index (χ0) is 11.1. The number of anilines is 1. The van der Waals surface area contributed by atoms with Crippen LogP contribution < -0.4 is 10.6 Å². The van der Waals surface area contributed by atoms with Gasteiger partial charge in [-0.25, -0.2) is 0 Å². The van der Waals surface area contributed by atoms with Crippen molar-refractivity contribution in [1.29, 1.82) is 0 Å². The summed E-state index contributed by atoms with van der Waals surface area (Å²) in [5.41, 5.74) is 1.00. The Hall–Kier alpha value is -0.440. The van der Waals surface area contributed by atoms with Crippen molar-refractivity contribution >= 4 is 28.9 Å². The van der Waals surface area contributed by atoms with Crippen LogP contribution in [0.15, 0.2) is 18.2 Å². The van der Waals surface area contributed by atoms with Crippen molar-refractivity contribution in [2.75, 3.05) is 25.0 Å². The van der Waals surface area contributed by atoms with Crippen molar-refractivity contribution in [1.82, 2.24) is 5.32 Å². The lowest BCUT2D eigenvalue weighted by Gasteiger charge is -2.07. The molecule has 0 radical (unpaired) electrons. The van der Waals surface area contributed by atoms with Gasteiger partial charge in [-0.15, -0.1) is 0 Å². The van der Waals surface area contributed by atoms with Crippen molar-refractivity contribution in [3.05, 3.63) is 28.2 Å². The van der Waals surface area contributed by atoms with Gasteiger partial charge < -0.3 is 10.6 Å². The summed E-state index contributed by atoms with van der Waals surface area (Å²) in [4.78, 5) is 0.